The summed E-state index contributed by atoms with van der Waals surface area (Å²) >= 11 is 0. The van der Waals surface area contributed by atoms with Crippen molar-refractivity contribution in [3.63, 3.8) is 0 Å². The van der Waals surface area contributed by atoms with Crippen LogP contribution in [-0.2, 0) is 14.3 Å². The molecule has 5 rings (SSSR count). The lowest BCUT2D eigenvalue weighted by Gasteiger charge is -2.28. The van der Waals surface area contributed by atoms with Gasteiger partial charge in [0.05, 0.1) is 5.92 Å². The Kier molecular flexibility index (Phi) is 6.75. The number of carbonyl (C=O) groups excluding carboxylic acids is 2. The molecule has 2 saturated carbocycles. The number of benzene rings is 2. The zero-order chi connectivity index (χ0) is 24.4. The van der Waals surface area contributed by atoms with Crippen LogP contribution in [0.3, 0.4) is 0 Å². The summed E-state index contributed by atoms with van der Waals surface area (Å²) in [6.07, 6.45) is 4.36. The van der Waals surface area contributed by atoms with E-state index in [1.807, 2.05) is 24.3 Å². The Morgan fingerprint density at radius 2 is 1.60 bits per heavy atom. The summed E-state index contributed by atoms with van der Waals surface area (Å²) in [6, 6.07) is 16.0. The largest absolute Gasteiger partial charge is 0.481 e. The van der Waals surface area contributed by atoms with Gasteiger partial charge in [0.2, 0.25) is 5.91 Å². The maximum absolute atomic E-state index is 12.7. The van der Waals surface area contributed by atoms with E-state index in [9.17, 15) is 19.5 Å². The summed E-state index contributed by atoms with van der Waals surface area (Å²) in [5.74, 6) is -1.07. The highest BCUT2D eigenvalue weighted by Gasteiger charge is 2.36. The highest BCUT2D eigenvalue weighted by Crippen LogP contribution is 2.44. The SMILES string of the molecule is O=C(CC(NC(=O)OCC1c2ccccc2-c2ccccc21)C1CC1)N[C@H]1CCC[C@@H](C(=O)O)C1. The predicted octanol–water partition coefficient (Wildman–Crippen LogP) is 4.45. The van der Waals surface area contributed by atoms with Crippen LogP contribution in [0.5, 0.6) is 0 Å². The van der Waals surface area contributed by atoms with Gasteiger partial charge in [0.25, 0.3) is 0 Å². The molecule has 35 heavy (non-hydrogen) atoms. The number of carboxylic acid groups (broad SMARTS) is 1. The molecule has 3 atom stereocenters. The van der Waals surface area contributed by atoms with Gasteiger partial charge in [-0.05, 0) is 60.3 Å². The van der Waals surface area contributed by atoms with Gasteiger partial charge in [0.15, 0.2) is 0 Å². The minimum atomic E-state index is -0.795. The van der Waals surface area contributed by atoms with Crippen molar-refractivity contribution in [3.05, 3.63) is 59.7 Å². The smallest absolute Gasteiger partial charge is 0.407 e. The fourth-order valence-electron chi connectivity index (χ4n) is 5.66. The lowest BCUT2D eigenvalue weighted by atomic mass is 9.85. The number of hydrogen-bond acceptors (Lipinski definition) is 4. The highest BCUT2D eigenvalue weighted by atomic mass is 16.5. The van der Waals surface area contributed by atoms with E-state index in [4.69, 9.17) is 4.74 Å². The number of alkyl carbamates (subject to hydrolysis) is 1. The average Bonchev–Trinajstić information content (AvgIpc) is 3.65. The third-order valence-corrected chi connectivity index (χ3v) is 7.63. The van der Waals surface area contributed by atoms with Crippen LogP contribution in [0.15, 0.2) is 48.5 Å². The molecule has 0 spiro atoms. The van der Waals surface area contributed by atoms with Gasteiger partial charge in [-0.1, -0.05) is 55.0 Å². The van der Waals surface area contributed by atoms with Crippen molar-refractivity contribution in [1.29, 1.82) is 0 Å². The molecule has 0 aromatic heterocycles. The first-order chi connectivity index (χ1) is 17.0. The molecule has 184 valence electrons. The van der Waals surface area contributed by atoms with Crippen molar-refractivity contribution < 1.29 is 24.2 Å². The lowest BCUT2D eigenvalue weighted by Crippen LogP contribution is -2.45. The number of hydrogen-bond donors (Lipinski definition) is 3. The van der Waals surface area contributed by atoms with Crippen molar-refractivity contribution in [2.75, 3.05) is 6.61 Å². The van der Waals surface area contributed by atoms with Gasteiger partial charge in [-0.15, -0.1) is 0 Å². The first kappa shape index (κ1) is 23.4. The van der Waals surface area contributed by atoms with E-state index in [1.54, 1.807) is 0 Å². The van der Waals surface area contributed by atoms with E-state index in [2.05, 4.69) is 34.9 Å². The Labute approximate surface area is 205 Å². The molecular weight excluding hydrogens is 444 g/mol. The number of carbonyl (C=O) groups is 3. The predicted molar refractivity (Wildman–Crippen MR) is 131 cm³/mol. The molecule has 7 nitrogen and oxygen atoms in total. The average molecular weight is 477 g/mol. The number of nitrogens with one attached hydrogen (secondary N) is 2. The molecule has 7 heteroatoms. The van der Waals surface area contributed by atoms with E-state index in [1.165, 1.54) is 11.1 Å². The standard InChI is InChI=1S/C28H32N2O5/c31-26(29-19-7-5-6-18(14-19)27(32)33)15-25(17-12-13-17)30-28(34)35-16-24-22-10-3-1-8-20(22)21-9-2-4-11-23(21)24/h1-4,8-11,17-19,24-25H,5-7,12-16H2,(H,29,31)(H,30,34)(H,32,33)/t18-,19+,25?/m1/s1. The van der Waals surface area contributed by atoms with Crippen molar-refractivity contribution in [2.45, 2.75) is 62.9 Å². The third-order valence-electron chi connectivity index (χ3n) is 7.63. The van der Waals surface area contributed by atoms with E-state index in [0.717, 1.165) is 36.8 Å². The number of amides is 2. The molecule has 0 radical (unpaired) electrons. The van der Waals surface area contributed by atoms with E-state index in [-0.39, 0.29) is 42.9 Å². The van der Waals surface area contributed by atoms with Crippen molar-refractivity contribution in [1.82, 2.24) is 10.6 Å². The number of carboxylic acids is 1. The molecule has 2 aromatic rings. The van der Waals surface area contributed by atoms with Crippen LogP contribution < -0.4 is 10.6 Å². The molecule has 3 N–H and O–H groups in total. The number of aliphatic carboxylic acids is 1. The van der Waals surface area contributed by atoms with Crippen molar-refractivity contribution in [3.8, 4) is 11.1 Å². The minimum Gasteiger partial charge on any atom is -0.481 e. The van der Waals surface area contributed by atoms with Crippen LogP contribution in [0, 0.1) is 11.8 Å². The molecule has 3 aliphatic carbocycles. The molecule has 3 aliphatic rings. The quantitative estimate of drug-likeness (QED) is 0.522. The Morgan fingerprint density at radius 1 is 0.943 bits per heavy atom. The monoisotopic (exact) mass is 476 g/mol. The second-order valence-electron chi connectivity index (χ2n) is 10.1. The fourth-order valence-corrected chi connectivity index (χ4v) is 5.66. The molecular formula is C28H32N2O5. The van der Waals surface area contributed by atoms with E-state index in [0.29, 0.717) is 12.8 Å². The summed E-state index contributed by atoms with van der Waals surface area (Å²) in [6.45, 7) is 0.238. The Hall–Kier alpha value is -3.35. The molecule has 2 aromatic carbocycles. The van der Waals surface area contributed by atoms with Gasteiger partial charge < -0.3 is 20.5 Å². The van der Waals surface area contributed by atoms with Crippen LogP contribution >= 0.6 is 0 Å². The van der Waals surface area contributed by atoms with Crippen LogP contribution in [0.25, 0.3) is 11.1 Å². The van der Waals surface area contributed by atoms with Gasteiger partial charge in [-0.2, -0.15) is 0 Å². The summed E-state index contributed by atoms with van der Waals surface area (Å²) < 4.78 is 5.67. The molecule has 0 aliphatic heterocycles. The van der Waals surface area contributed by atoms with E-state index < -0.39 is 18.0 Å². The highest BCUT2D eigenvalue weighted by molar-refractivity contribution is 5.80. The topological polar surface area (TPSA) is 105 Å². The van der Waals surface area contributed by atoms with Crippen molar-refractivity contribution >= 4 is 18.0 Å². The molecule has 1 unspecified atom stereocenters. The normalized spacial score (nSPS) is 21.9. The van der Waals surface area contributed by atoms with Gasteiger partial charge in [-0.3, -0.25) is 9.59 Å². The summed E-state index contributed by atoms with van der Waals surface area (Å²) in [7, 11) is 0. The molecule has 2 amide bonds. The Morgan fingerprint density at radius 3 is 2.23 bits per heavy atom. The van der Waals surface area contributed by atoms with Gasteiger partial charge >= 0.3 is 12.1 Å². The molecule has 0 bridgehead atoms. The molecule has 0 heterocycles. The summed E-state index contributed by atoms with van der Waals surface area (Å²) in [5, 5.41) is 15.2. The van der Waals surface area contributed by atoms with Crippen LogP contribution in [-0.4, -0.2) is 41.8 Å². The van der Waals surface area contributed by atoms with Gasteiger partial charge in [-0.25, -0.2) is 4.79 Å². The van der Waals surface area contributed by atoms with Crippen LogP contribution in [0.4, 0.5) is 4.79 Å². The maximum Gasteiger partial charge on any atom is 0.407 e. The Balaban J connectivity index is 1.15. The van der Waals surface area contributed by atoms with E-state index >= 15 is 0 Å². The van der Waals surface area contributed by atoms with Gasteiger partial charge in [0, 0.05) is 24.4 Å². The van der Waals surface area contributed by atoms with Crippen molar-refractivity contribution in [2.24, 2.45) is 11.8 Å². The maximum atomic E-state index is 12.7. The summed E-state index contributed by atoms with van der Waals surface area (Å²) in [5.41, 5.74) is 4.67. The number of fused-ring (bicyclic) bond motifs is 3. The summed E-state index contributed by atoms with van der Waals surface area (Å²) in [4.78, 5) is 36.7. The minimum absolute atomic E-state index is 0.00990. The van der Waals surface area contributed by atoms with Crippen LogP contribution in [0.2, 0.25) is 0 Å². The molecule has 0 saturated heterocycles. The van der Waals surface area contributed by atoms with Gasteiger partial charge in [0.1, 0.15) is 6.61 Å². The zero-order valence-corrected chi connectivity index (χ0v) is 19.7. The Bertz CT molecular complexity index is 1070. The number of ether oxygens (including phenoxy) is 1. The first-order valence-corrected chi connectivity index (χ1v) is 12.6. The van der Waals surface area contributed by atoms with Crippen LogP contribution in [0.1, 0.15) is 62.0 Å². The lowest BCUT2D eigenvalue weighted by molar-refractivity contribution is -0.143. The fraction of sp³-hybridized carbons (Fsp3) is 0.464. The second-order valence-corrected chi connectivity index (χ2v) is 10.1. The zero-order valence-electron chi connectivity index (χ0n) is 19.7. The second kappa shape index (κ2) is 10.1. The third kappa shape index (κ3) is 5.34. The molecule has 2 fully saturated rings. The first-order valence-electron chi connectivity index (χ1n) is 12.6. The number of rotatable bonds is 8.